The van der Waals surface area contributed by atoms with Gasteiger partial charge in [-0.25, -0.2) is 8.78 Å². The molecule has 0 spiro atoms. The van der Waals surface area contributed by atoms with Crippen molar-refractivity contribution in [2.24, 2.45) is 0 Å². The Morgan fingerprint density at radius 2 is 1.59 bits per heavy atom. The number of anilines is 1. The van der Waals surface area contributed by atoms with Crippen molar-refractivity contribution >= 4 is 33.4 Å². The second kappa shape index (κ2) is 8.58. The number of hydrogen-bond donors (Lipinski definition) is 1. The fourth-order valence-corrected chi connectivity index (χ4v) is 3.40. The molecule has 0 aliphatic carbocycles. The first-order chi connectivity index (χ1) is 12.9. The van der Waals surface area contributed by atoms with Crippen LogP contribution in [0.1, 0.15) is 10.4 Å². The number of hydrogen-bond acceptors (Lipinski definition) is 3. The number of rotatable bonds is 4. The molecule has 8 heteroatoms. The highest BCUT2D eigenvalue weighted by Crippen LogP contribution is 2.20. The topological polar surface area (TPSA) is 52.7 Å². The van der Waals surface area contributed by atoms with E-state index in [2.05, 4.69) is 21.2 Å². The molecule has 3 rings (SSSR count). The van der Waals surface area contributed by atoms with Crippen LogP contribution in [-0.4, -0.2) is 54.3 Å². The first-order valence-electron chi connectivity index (χ1n) is 8.44. The molecule has 5 nitrogen and oxygen atoms in total. The monoisotopic (exact) mass is 437 g/mol. The largest absolute Gasteiger partial charge is 0.336 e. The van der Waals surface area contributed by atoms with Crippen LogP contribution in [0.2, 0.25) is 0 Å². The van der Waals surface area contributed by atoms with Gasteiger partial charge in [0, 0.05) is 36.3 Å². The zero-order chi connectivity index (χ0) is 19.4. The molecule has 1 heterocycles. The van der Waals surface area contributed by atoms with E-state index in [0.717, 1.165) is 0 Å². The van der Waals surface area contributed by atoms with Gasteiger partial charge in [0.2, 0.25) is 5.91 Å². The predicted octanol–water partition coefficient (Wildman–Crippen LogP) is 3.12. The maximum Gasteiger partial charge on any atom is 0.255 e. The van der Waals surface area contributed by atoms with Crippen molar-refractivity contribution in [2.75, 3.05) is 38.0 Å². The summed E-state index contributed by atoms with van der Waals surface area (Å²) >= 11 is 3.22. The average Bonchev–Trinajstić information content (AvgIpc) is 2.64. The quantitative estimate of drug-likeness (QED) is 0.799. The van der Waals surface area contributed by atoms with Gasteiger partial charge in [-0.1, -0.05) is 0 Å². The van der Waals surface area contributed by atoms with Gasteiger partial charge in [0.15, 0.2) is 0 Å². The number of nitrogens with zero attached hydrogens (tertiary/aromatic N) is 2. The van der Waals surface area contributed by atoms with Crippen molar-refractivity contribution in [3.8, 4) is 0 Å². The Bertz CT molecular complexity index is 837. The summed E-state index contributed by atoms with van der Waals surface area (Å²) in [5.74, 6) is -1.13. The van der Waals surface area contributed by atoms with Crippen LogP contribution in [-0.2, 0) is 4.79 Å². The van der Waals surface area contributed by atoms with Gasteiger partial charge in [-0.15, -0.1) is 0 Å². The number of carbonyl (C=O) groups is 2. The van der Waals surface area contributed by atoms with Crippen molar-refractivity contribution in [2.45, 2.75) is 0 Å². The average molecular weight is 438 g/mol. The highest BCUT2D eigenvalue weighted by atomic mass is 79.9. The summed E-state index contributed by atoms with van der Waals surface area (Å²) in [4.78, 5) is 28.3. The summed E-state index contributed by atoms with van der Waals surface area (Å²) in [5, 5.41) is 2.72. The SMILES string of the molecule is O=C(CN1CCN(C(=O)c2ccc(F)cc2Br)CC1)Nc1ccc(F)cc1. The van der Waals surface area contributed by atoms with Gasteiger partial charge in [-0.05, 0) is 58.4 Å². The van der Waals surface area contributed by atoms with Gasteiger partial charge in [-0.2, -0.15) is 0 Å². The van der Waals surface area contributed by atoms with Crippen LogP contribution in [0.4, 0.5) is 14.5 Å². The van der Waals surface area contributed by atoms with Crippen LogP contribution in [0, 0.1) is 11.6 Å². The van der Waals surface area contributed by atoms with Gasteiger partial charge in [0.1, 0.15) is 11.6 Å². The minimum absolute atomic E-state index is 0.169. The van der Waals surface area contributed by atoms with E-state index in [1.807, 2.05) is 4.90 Å². The second-order valence-corrected chi connectivity index (χ2v) is 7.10. The van der Waals surface area contributed by atoms with E-state index in [-0.39, 0.29) is 24.2 Å². The molecule has 1 aliphatic heterocycles. The summed E-state index contributed by atoms with van der Waals surface area (Å²) in [6.45, 7) is 2.27. The fourth-order valence-electron chi connectivity index (χ4n) is 2.88. The first kappa shape index (κ1) is 19.4. The van der Waals surface area contributed by atoms with Crippen LogP contribution in [0.3, 0.4) is 0 Å². The minimum atomic E-state index is -0.407. The summed E-state index contributed by atoms with van der Waals surface area (Å²) in [6, 6.07) is 9.57. The Balaban J connectivity index is 1.50. The second-order valence-electron chi connectivity index (χ2n) is 6.25. The maximum absolute atomic E-state index is 13.2. The lowest BCUT2D eigenvalue weighted by atomic mass is 10.1. The number of halogens is 3. The number of nitrogens with one attached hydrogen (secondary N) is 1. The number of amides is 2. The molecule has 0 atom stereocenters. The van der Waals surface area contributed by atoms with Gasteiger partial charge >= 0.3 is 0 Å². The van der Waals surface area contributed by atoms with Crippen molar-refractivity contribution < 1.29 is 18.4 Å². The Labute approximate surface area is 164 Å². The van der Waals surface area contributed by atoms with E-state index in [1.54, 1.807) is 4.90 Å². The Morgan fingerprint density at radius 3 is 2.22 bits per heavy atom. The molecule has 1 fully saturated rings. The molecule has 0 saturated carbocycles. The van der Waals surface area contributed by atoms with Gasteiger partial charge in [-0.3, -0.25) is 14.5 Å². The molecule has 0 aromatic heterocycles. The van der Waals surface area contributed by atoms with Crippen molar-refractivity contribution in [3.63, 3.8) is 0 Å². The number of benzene rings is 2. The molecule has 1 saturated heterocycles. The van der Waals surface area contributed by atoms with E-state index in [9.17, 15) is 18.4 Å². The molecule has 0 unspecified atom stereocenters. The molecular formula is C19H18BrF2N3O2. The number of piperazine rings is 1. The third-order valence-electron chi connectivity index (χ3n) is 4.32. The van der Waals surface area contributed by atoms with Gasteiger partial charge in [0.25, 0.3) is 5.91 Å². The molecule has 27 heavy (non-hydrogen) atoms. The molecule has 1 N–H and O–H groups in total. The lowest BCUT2D eigenvalue weighted by Gasteiger charge is -2.34. The van der Waals surface area contributed by atoms with Crippen molar-refractivity contribution in [1.29, 1.82) is 0 Å². The van der Waals surface area contributed by atoms with E-state index in [4.69, 9.17) is 0 Å². The lowest BCUT2D eigenvalue weighted by molar-refractivity contribution is -0.117. The Morgan fingerprint density at radius 1 is 0.963 bits per heavy atom. The van der Waals surface area contributed by atoms with Gasteiger partial charge in [0.05, 0.1) is 12.1 Å². The normalized spacial score (nSPS) is 14.9. The summed E-state index contributed by atoms with van der Waals surface area (Å²) < 4.78 is 26.5. The first-order valence-corrected chi connectivity index (χ1v) is 9.24. The molecular weight excluding hydrogens is 420 g/mol. The van der Waals surface area contributed by atoms with Crippen LogP contribution in [0.25, 0.3) is 0 Å². The molecule has 2 amide bonds. The van der Waals surface area contributed by atoms with E-state index >= 15 is 0 Å². The zero-order valence-corrected chi connectivity index (χ0v) is 16.0. The molecule has 0 radical (unpaired) electrons. The van der Waals surface area contributed by atoms with E-state index in [0.29, 0.717) is 41.9 Å². The highest BCUT2D eigenvalue weighted by molar-refractivity contribution is 9.10. The van der Waals surface area contributed by atoms with Crippen molar-refractivity contribution in [3.05, 3.63) is 64.1 Å². The van der Waals surface area contributed by atoms with Crippen LogP contribution >= 0.6 is 15.9 Å². The molecule has 142 valence electrons. The maximum atomic E-state index is 13.2. The van der Waals surface area contributed by atoms with Gasteiger partial charge < -0.3 is 10.2 Å². The van der Waals surface area contributed by atoms with Crippen molar-refractivity contribution in [1.82, 2.24) is 9.80 Å². The number of carbonyl (C=O) groups excluding carboxylic acids is 2. The highest BCUT2D eigenvalue weighted by Gasteiger charge is 2.24. The summed E-state index contributed by atoms with van der Waals surface area (Å²) in [5.41, 5.74) is 0.954. The predicted molar refractivity (Wildman–Crippen MR) is 101 cm³/mol. The third-order valence-corrected chi connectivity index (χ3v) is 4.97. The third kappa shape index (κ3) is 5.11. The molecule has 1 aliphatic rings. The smallest absolute Gasteiger partial charge is 0.255 e. The standard InChI is InChI=1S/C19H18BrF2N3O2/c20-17-11-14(22)3-6-16(17)19(27)25-9-7-24(8-10-25)12-18(26)23-15-4-1-13(21)2-5-15/h1-6,11H,7-10,12H2,(H,23,26). The van der Waals surface area contributed by atoms with Crippen LogP contribution in [0.5, 0.6) is 0 Å². The summed E-state index contributed by atoms with van der Waals surface area (Å²) in [6.07, 6.45) is 0. The Kier molecular flexibility index (Phi) is 6.18. The fraction of sp³-hybridized carbons (Fsp3) is 0.263. The van der Waals surface area contributed by atoms with Crippen LogP contribution in [0.15, 0.2) is 46.9 Å². The molecule has 0 bridgehead atoms. The molecule has 2 aromatic carbocycles. The van der Waals surface area contributed by atoms with Crippen LogP contribution < -0.4 is 5.32 Å². The molecule has 2 aromatic rings. The zero-order valence-electron chi connectivity index (χ0n) is 14.4. The van der Waals surface area contributed by atoms with E-state index < -0.39 is 5.82 Å². The minimum Gasteiger partial charge on any atom is -0.336 e. The lowest BCUT2D eigenvalue weighted by Crippen LogP contribution is -2.50. The van der Waals surface area contributed by atoms with E-state index in [1.165, 1.54) is 42.5 Å². The Hall–Kier alpha value is -2.32. The summed E-state index contributed by atoms with van der Waals surface area (Å²) in [7, 11) is 0.